The highest BCUT2D eigenvalue weighted by Gasteiger charge is 2.35. The minimum atomic E-state index is -0.490. The zero-order valence-corrected chi connectivity index (χ0v) is 11.4. The maximum absolute atomic E-state index is 12.0. The van der Waals surface area contributed by atoms with Gasteiger partial charge in [0.1, 0.15) is 0 Å². The van der Waals surface area contributed by atoms with Gasteiger partial charge in [0, 0.05) is 25.0 Å². The summed E-state index contributed by atoms with van der Waals surface area (Å²) in [6.07, 6.45) is 2.21. The summed E-state index contributed by atoms with van der Waals surface area (Å²) in [6.45, 7) is 3.79. The van der Waals surface area contributed by atoms with Gasteiger partial charge in [-0.25, -0.2) is 0 Å². The molecule has 1 aromatic carbocycles. The number of non-ortho nitro benzene ring substituents is 1. The van der Waals surface area contributed by atoms with E-state index in [1.807, 2.05) is 13.8 Å². The van der Waals surface area contributed by atoms with Gasteiger partial charge in [0.15, 0.2) is 11.6 Å². The van der Waals surface area contributed by atoms with E-state index >= 15 is 0 Å². The van der Waals surface area contributed by atoms with Gasteiger partial charge in [-0.15, -0.1) is 0 Å². The summed E-state index contributed by atoms with van der Waals surface area (Å²) in [5, 5.41) is 10.6. The lowest BCUT2D eigenvalue weighted by Gasteiger charge is -2.28. The van der Waals surface area contributed by atoms with E-state index in [1.54, 1.807) is 0 Å². The van der Waals surface area contributed by atoms with Crippen LogP contribution in [-0.4, -0.2) is 16.5 Å². The van der Waals surface area contributed by atoms with Crippen molar-refractivity contribution in [3.8, 4) is 0 Å². The number of allylic oxidation sites excluding steroid dienone is 1. The van der Waals surface area contributed by atoms with Crippen LogP contribution in [-0.2, 0) is 9.59 Å². The van der Waals surface area contributed by atoms with E-state index in [2.05, 4.69) is 0 Å². The first-order valence-electron chi connectivity index (χ1n) is 6.31. The van der Waals surface area contributed by atoms with Crippen LogP contribution >= 0.6 is 0 Å². The highest BCUT2D eigenvalue weighted by molar-refractivity contribution is 6.25. The highest BCUT2D eigenvalue weighted by atomic mass is 16.6. The molecule has 20 heavy (non-hydrogen) atoms. The first-order chi connectivity index (χ1) is 9.28. The summed E-state index contributed by atoms with van der Waals surface area (Å²) in [4.78, 5) is 34.1. The van der Waals surface area contributed by atoms with Gasteiger partial charge < -0.3 is 0 Å². The van der Waals surface area contributed by atoms with E-state index in [9.17, 15) is 19.7 Å². The second-order valence-corrected chi connectivity index (χ2v) is 5.77. The standard InChI is InChI=1S/C15H15NO4/c1-15(2)8-13(17)12(14(18)9-15)7-10-3-5-11(6-4-10)16(19)20/h3-7H,8-9H2,1-2H3. The van der Waals surface area contributed by atoms with E-state index in [0.29, 0.717) is 18.4 Å². The smallest absolute Gasteiger partial charge is 0.269 e. The van der Waals surface area contributed by atoms with Crippen molar-refractivity contribution in [2.45, 2.75) is 26.7 Å². The van der Waals surface area contributed by atoms with Crippen LogP contribution in [0.5, 0.6) is 0 Å². The first kappa shape index (κ1) is 14.1. The summed E-state index contributed by atoms with van der Waals surface area (Å²) in [5.41, 5.74) is 0.501. The van der Waals surface area contributed by atoms with Crippen LogP contribution < -0.4 is 0 Å². The van der Waals surface area contributed by atoms with Crippen molar-refractivity contribution < 1.29 is 14.5 Å². The molecule has 0 amide bonds. The van der Waals surface area contributed by atoms with Crippen LogP contribution in [0.15, 0.2) is 29.8 Å². The number of carbonyl (C=O) groups excluding carboxylic acids is 2. The van der Waals surface area contributed by atoms with Crippen LogP contribution in [0.25, 0.3) is 6.08 Å². The minimum Gasteiger partial charge on any atom is -0.294 e. The lowest BCUT2D eigenvalue weighted by molar-refractivity contribution is -0.384. The van der Waals surface area contributed by atoms with Crippen LogP contribution in [0.3, 0.4) is 0 Å². The van der Waals surface area contributed by atoms with Gasteiger partial charge in [0.05, 0.1) is 10.5 Å². The molecule has 0 unspecified atom stereocenters. The molecule has 0 N–H and O–H groups in total. The fourth-order valence-electron chi connectivity index (χ4n) is 2.30. The number of ketones is 2. The van der Waals surface area contributed by atoms with E-state index in [4.69, 9.17) is 0 Å². The summed E-state index contributed by atoms with van der Waals surface area (Å²) in [5.74, 6) is -0.325. The molecule has 1 aliphatic carbocycles. The molecule has 1 fully saturated rings. The van der Waals surface area contributed by atoms with Crippen LogP contribution in [0, 0.1) is 15.5 Å². The molecule has 5 heteroatoms. The molecule has 0 heterocycles. The highest BCUT2D eigenvalue weighted by Crippen LogP contribution is 2.34. The molecule has 1 saturated carbocycles. The summed E-state index contributed by atoms with van der Waals surface area (Å²) in [6, 6.07) is 5.78. The molecular formula is C15H15NO4. The predicted octanol–water partition coefficient (Wildman–Crippen LogP) is 2.94. The van der Waals surface area contributed by atoms with Gasteiger partial charge >= 0.3 is 0 Å². The Balaban J connectivity index is 2.28. The Hall–Kier alpha value is -2.30. The molecule has 0 bridgehead atoms. The number of nitro groups is 1. The van der Waals surface area contributed by atoms with Crippen LogP contribution in [0.1, 0.15) is 32.3 Å². The number of hydrogen-bond donors (Lipinski definition) is 0. The maximum Gasteiger partial charge on any atom is 0.269 e. The average molecular weight is 273 g/mol. The molecule has 0 atom stereocenters. The Morgan fingerprint density at radius 1 is 1.10 bits per heavy atom. The molecule has 2 rings (SSSR count). The van der Waals surface area contributed by atoms with Crippen molar-refractivity contribution >= 4 is 23.3 Å². The van der Waals surface area contributed by atoms with Gasteiger partial charge in [-0.3, -0.25) is 19.7 Å². The molecule has 0 saturated heterocycles. The van der Waals surface area contributed by atoms with Gasteiger partial charge in [0.2, 0.25) is 0 Å². The third-order valence-corrected chi connectivity index (χ3v) is 3.29. The molecule has 0 spiro atoms. The summed E-state index contributed by atoms with van der Waals surface area (Å²) >= 11 is 0. The van der Waals surface area contributed by atoms with Crippen molar-refractivity contribution in [2.75, 3.05) is 0 Å². The Bertz CT molecular complexity index is 589. The molecular weight excluding hydrogens is 258 g/mol. The van der Waals surface area contributed by atoms with Crippen LogP contribution in [0.2, 0.25) is 0 Å². The fraction of sp³-hybridized carbons (Fsp3) is 0.333. The monoisotopic (exact) mass is 273 g/mol. The largest absolute Gasteiger partial charge is 0.294 e. The first-order valence-corrected chi connectivity index (χ1v) is 6.31. The number of carbonyl (C=O) groups is 2. The van der Waals surface area contributed by atoms with Gasteiger partial charge in [-0.1, -0.05) is 13.8 Å². The molecule has 0 radical (unpaired) electrons. The third-order valence-electron chi connectivity index (χ3n) is 3.29. The second-order valence-electron chi connectivity index (χ2n) is 5.77. The molecule has 5 nitrogen and oxygen atoms in total. The quantitative estimate of drug-likeness (QED) is 0.359. The number of benzene rings is 1. The zero-order chi connectivity index (χ0) is 14.9. The van der Waals surface area contributed by atoms with Gasteiger partial charge in [-0.2, -0.15) is 0 Å². The second kappa shape index (κ2) is 5.00. The summed E-state index contributed by atoms with van der Waals surface area (Å²) in [7, 11) is 0. The fourth-order valence-corrected chi connectivity index (χ4v) is 2.30. The van der Waals surface area contributed by atoms with Gasteiger partial charge in [0.25, 0.3) is 5.69 Å². The number of rotatable bonds is 2. The predicted molar refractivity (Wildman–Crippen MR) is 74.1 cm³/mol. The van der Waals surface area contributed by atoms with Crippen molar-refractivity contribution in [1.82, 2.24) is 0 Å². The van der Waals surface area contributed by atoms with Crippen molar-refractivity contribution in [2.24, 2.45) is 5.41 Å². The molecule has 0 aromatic heterocycles. The number of Topliss-reactive ketones (excluding diaryl/α,β-unsaturated/α-hetero) is 2. The minimum absolute atomic E-state index is 0.0189. The SMILES string of the molecule is CC1(C)CC(=O)C(=Cc2ccc([N+](=O)[O-])cc2)C(=O)C1. The zero-order valence-electron chi connectivity index (χ0n) is 11.4. The van der Waals surface area contributed by atoms with Gasteiger partial charge in [-0.05, 0) is 29.2 Å². The Morgan fingerprint density at radius 2 is 1.60 bits per heavy atom. The normalized spacial score (nSPS) is 18.0. The van der Waals surface area contributed by atoms with Crippen LogP contribution in [0.4, 0.5) is 5.69 Å². The van der Waals surface area contributed by atoms with E-state index in [1.165, 1.54) is 30.3 Å². The number of hydrogen-bond acceptors (Lipinski definition) is 4. The van der Waals surface area contributed by atoms with Crippen molar-refractivity contribution in [3.05, 3.63) is 45.5 Å². The molecule has 1 aromatic rings. The summed E-state index contributed by atoms with van der Waals surface area (Å²) < 4.78 is 0. The molecule has 0 aliphatic heterocycles. The number of nitro benzene ring substituents is 1. The Kier molecular flexibility index (Phi) is 3.53. The molecule has 1 aliphatic rings. The maximum atomic E-state index is 12.0. The lowest BCUT2D eigenvalue weighted by Crippen LogP contribution is -2.31. The van der Waals surface area contributed by atoms with E-state index in [-0.39, 0.29) is 28.2 Å². The third kappa shape index (κ3) is 2.99. The topological polar surface area (TPSA) is 77.3 Å². The van der Waals surface area contributed by atoms with Crippen molar-refractivity contribution in [3.63, 3.8) is 0 Å². The average Bonchev–Trinajstić information content (AvgIpc) is 2.33. The number of nitrogens with zero attached hydrogens (tertiary/aromatic N) is 1. The van der Waals surface area contributed by atoms with Crippen molar-refractivity contribution in [1.29, 1.82) is 0 Å². The van der Waals surface area contributed by atoms with E-state index < -0.39 is 4.92 Å². The Morgan fingerprint density at radius 3 is 2.05 bits per heavy atom. The van der Waals surface area contributed by atoms with E-state index in [0.717, 1.165) is 0 Å². The molecule has 104 valence electrons. The Labute approximate surface area is 116 Å². The lowest BCUT2D eigenvalue weighted by atomic mass is 9.74.